The second-order valence-corrected chi connectivity index (χ2v) is 7.35. The van der Waals surface area contributed by atoms with Crippen molar-refractivity contribution >= 4 is 17.5 Å². The predicted octanol–water partition coefficient (Wildman–Crippen LogP) is 2.56. The van der Waals surface area contributed by atoms with E-state index in [1.807, 2.05) is 30.9 Å². The van der Waals surface area contributed by atoms with Crippen molar-refractivity contribution in [3.63, 3.8) is 0 Å². The van der Waals surface area contributed by atoms with Crippen LogP contribution in [0.25, 0.3) is 0 Å². The molecule has 0 atom stereocenters. The number of halogens is 1. The molecule has 0 saturated carbocycles. The van der Waals surface area contributed by atoms with E-state index in [0.29, 0.717) is 18.8 Å². The number of nitrogens with one attached hydrogen (secondary N) is 1. The van der Waals surface area contributed by atoms with Gasteiger partial charge in [0.1, 0.15) is 17.0 Å². The number of fused-ring (bicyclic) bond motifs is 1. The summed E-state index contributed by atoms with van der Waals surface area (Å²) >= 11 is 0. The van der Waals surface area contributed by atoms with Crippen molar-refractivity contribution in [2.24, 2.45) is 0 Å². The summed E-state index contributed by atoms with van der Waals surface area (Å²) in [6, 6.07) is 3.89. The number of carbonyl (C=O) groups is 1. The maximum Gasteiger partial charge on any atom is 0.404 e. The Kier molecular flexibility index (Phi) is 3.97. The molecule has 1 aromatic rings. The molecule has 1 fully saturated rings. The van der Waals surface area contributed by atoms with E-state index < -0.39 is 11.8 Å². The third-order valence-electron chi connectivity index (χ3n) is 4.77. The van der Waals surface area contributed by atoms with Crippen LogP contribution < -0.4 is 20.7 Å². The molecule has 1 amide bonds. The van der Waals surface area contributed by atoms with Crippen molar-refractivity contribution in [2.75, 3.05) is 30.3 Å². The summed E-state index contributed by atoms with van der Waals surface area (Å²) in [6.45, 7) is 4.88. The molecule has 4 N–H and O–H groups in total. The summed E-state index contributed by atoms with van der Waals surface area (Å²) in [6.07, 6.45) is 0.144. The number of ether oxygens (including phenoxy) is 1. The van der Waals surface area contributed by atoms with Gasteiger partial charge in [-0.05, 0) is 19.9 Å². The van der Waals surface area contributed by atoms with Gasteiger partial charge in [0.15, 0.2) is 0 Å². The lowest BCUT2D eigenvalue weighted by molar-refractivity contribution is 0.118. The number of benzene rings is 1. The Balaban J connectivity index is 1.70. The van der Waals surface area contributed by atoms with Gasteiger partial charge >= 0.3 is 6.09 Å². The molecule has 132 valence electrons. The maximum atomic E-state index is 14.6. The lowest BCUT2D eigenvalue weighted by Gasteiger charge is -2.38. The zero-order chi connectivity index (χ0) is 17.5. The first-order valence-corrected chi connectivity index (χ1v) is 8.20. The zero-order valence-electron chi connectivity index (χ0n) is 14.1. The number of alkyl halides is 1. The van der Waals surface area contributed by atoms with Crippen LogP contribution in [0, 0.1) is 0 Å². The van der Waals surface area contributed by atoms with Gasteiger partial charge in [0.05, 0.1) is 17.9 Å². The van der Waals surface area contributed by atoms with Gasteiger partial charge in [-0.2, -0.15) is 0 Å². The van der Waals surface area contributed by atoms with E-state index in [1.54, 1.807) is 0 Å². The molecular formula is C17H24FN3O3. The molecule has 24 heavy (non-hydrogen) atoms. The van der Waals surface area contributed by atoms with Gasteiger partial charge in [-0.25, -0.2) is 9.18 Å². The minimum Gasteiger partial charge on any atom is -0.487 e. The third kappa shape index (κ3) is 3.34. The molecule has 6 nitrogen and oxygen atoms in total. The summed E-state index contributed by atoms with van der Waals surface area (Å²) in [7, 11) is 0. The van der Waals surface area contributed by atoms with E-state index in [0.717, 1.165) is 23.4 Å². The molecule has 3 rings (SSSR count). The molecule has 7 heteroatoms. The number of hydrogen-bond acceptors (Lipinski definition) is 4. The SMILES string of the molecule is CC1(C)Cc2cc(N)c(N3CCC(F)(CNC(=O)O)CC3)cc2O1. The molecule has 1 aromatic carbocycles. The number of nitrogens with zero attached hydrogens (tertiary/aromatic N) is 1. The average molecular weight is 337 g/mol. The quantitative estimate of drug-likeness (QED) is 0.738. The van der Waals surface area contributed by atoms with Crippen molar-refractivity contribution in [3.05, 3.63) is 17.7 Å². The Morgan fingerprint density at radius 3 is 2.71 bits per heavy atom. The highest BCUT2D eigenvalue weighted by atomic mass is 19.1. The highest BCUT2D eigenvalue weighted by Crippen LogP contribution is 2.41. The average Bonchev–Trinajstić information content (AvgIpc) is 2.78. The fourth-order valence-corrected chi connectivity index (χ4v) is 3.49. The van der Waals surface area contributed by atoms with Gasteiger partial charge in [-0.15, -0.1) is 0 Å². The van der Waals surface area contributed by atoms with Crippen LogP contribution in [0.15, 0.2) is 12.1 Å². The minimum absolute atomic E-state index is 0.173. The van der Waals surface area contributed by atoms with E-state index in [-0.39, 0.29) is 25.0 Å². The van der Waals surface area contributed by atoms with E-state index in [4.69, 9.17) is 15.6 Å². The number of anilines is 2. The monoisotopic (exact) mass is 337 g/mol. The van der Waals surface area contributed by atoms with Crippen LogP contribution >= 0.6 is 0 Å². The third-order valence-corrected chi connectivity index (χ3v) is 4.77. The Hall–Kier alpha value is -2.18. The summed E-state index contributed by atoms with van der Waals surface area (Å²) in [5.41, 5.74) is 7.10. The van der Waals surface area contributed by atoms with Crippen LogP contribution in [0.1, 0.15) is 32.3 Å². The second kappa shape index (κ2) is 5.72. The Morgan fingerprint density at radius 1 is 1.42 bits per heavy atom. The molecule has 0 aromatic heterocycles. The number of amides is 1. The standard InChI is InChI=1S/C17H24FN3O3/c1-16(2)9-11-7-12(19)13(8-14(11)24-16)21-5-3-17(18,4-6-21)10-20-15(22)23/h7-8,20H,3-6,9-10,19H2,1-2H3,(H,22,23). The van der Waals surface area contributed by atoms with Crippen LogP contribution in [0.5, 0.6) is 5.75 Å². The van der Waals surface area contributed by atoms with E-state index in [2.05, 4.69) is 5.32 Å². The Bertz CT molecular complexity index is 655. The smallest absolute Gasteiger partial charge is 0.404 e. The van der Waals surface area contributed by atoms with Crippen molar-refractivity contribution < 1.29 is 19.0 Å². The minimum atomic E-state index is -1.50. The molecule has 0 bridgehead atoms. The summed E-state index contributed by atoms with van der Waals surface area (Å²) in [5, 5.41) is 10.8. The highest BCUT2D eigenvalue weighted by Gasteiger charge is 2.36. The fraction of sp³-hybridized carbons (Fsp3) is 0.588. The largest absolute Gasteiger partial charge is 0.487 e. The van der Waals surface area contributed by atoms with Crippen LogP contribution in [0.2, 0.25) is 0 Å². The van der Waals surface area contributed by atoms with Gasteiger partial charge < -0.3 is 25.8 Å². The second-order valence-electron chi connectivity index (χ2n) is 7.35. The fourth-order valence-electron chi connectivity index (χ4n) is 3.49. The van der Waals surface area contributed by atoms with Crippen molar-refractivity contribution in [1.29, 1.82) is 0 Å². The molecular weight excluding hydrogens is 313 g/mol. The predicted molar refractivity (Wildman–Crippen MR) is 90.6 cm³/mol. The number of hydrogen-bond donors (Lipinski definition) is 3. The lowest BCUT2D eigenvalue weighted by Crippen LogP contribution is -2.48. The first-order chi connectivity index (χ1) is 11.2. The van der Waals surface area contributed by atoms with Crippen LogP contribution in [0.3, 0.4) is 0 Å². The number of nitrogens with two attached hydrogens (primary N) is 1. The van der Waals surface area contributed by atoms with Crippen LogP contribution in [-0.4, -0.2) is 42.1 Å². The van der Waals surface area contributed by atoms with Gasteiger partial charge in [-0.1, -0.05) is 0 Å². The van der Waals surface area contributed by atoms with Crippen LogP contribution in [0.4, 0.5) is 20.6 Å². The Labute approximate surface area is 140 Å². The van der Waals surface area contributed by atoms with Crippen molar-refractivity contribution in [3.8, 4) is 5.75 Å². The summed E-state index contributed by atoms with van der Waals surface area (Å²) in [4.78, 5) is 12.6. The highest BCUT2D eigenvalue weighted by molar-refractivity contribution is 5.72. The Morgan fingerprint density at radius 2 is 2.08 bits per heavy atom. The molecule has 1 saturated heterocycles. The van der Waals surface area contributed by atoms with Crippen LogP contribution in [-0.2, 0) is 6.42 Å². The van der Waals surface area contributed by atoms with Gasteiger partial charge in [0.2, 0.25) is 0 Å². The zero-order valence-corrected chi connectivity index (χ0v) is 14.1. The molecule has 0 unspecified atom stereocenters. The molecule has 2 heterocycles. The first kappa shape index (κ1) is 16.7. The number of nitrogen functional groups attached to an aromatic ring is 1. The van der Waals surface area contributed by atoms with Crippen molar-refractivity contribution in [1.82, 2.24) is 5.32 Å². The molecule has 0 radical (unpaired) electrons. The van der Waals surface area contributed by atoms with Gasteiger partial charge in [0, 0.05) is 44.0 Å². The van der Waals surface area contributed by atoms with E-state index >= 15 is 0 Å². The van der Waals surface area contributed by atoms with Gasteiger partial charge in [0.25, 0.3) is 0 Å². The number of piperidine rings is 1. The maximum absolute atomic E-state index is 14.6. The van der Waals surface area contributed by atoms with Crippen molar-refractivity contribution in [2.45, 2.75) is 44.4 Å². The van der Waals surface area contributed by atoms with Gasteiger partial charge in [-0.3, -0.25) is 0 Å². The molecule has 2 aliphatic rings. The topological polar surface area (TPSA) is 87.8 Å². The van der Waals surface area contributed by atoms with E-state index in [1.165, 1.54) is 0 Å². The van der Waals surface area contributed by atoms with E-state index in [9.17, 15) is 9.18 Å². The lowest BCUT2D eigenvalue weighted by atomic mass is 9.92. The summed E-state index contributed by atoms with van der Waals surface area (Å²) in [5.74, 6) is 0.842. The summed E-state index contributed by atoms with van der Waals surface area (Å²) < 4.78 is 20.6. The normalized spacial score (nSPS) is 21.0. The number of carboxylic acid groups (broad SMARTS) is 1. The number of rotatable bonds is 3. The first-order valence-electron chi connectivity index (χ1n) is 8.20. The molecule has 0 aliphatic carbocycles. The molecule has 2 aliphatic heterocycles. The molecule has 0 spiro atoms.